The molecule has 1 saturated heterocycles. The lowest BCUT2D eigenvalue weighted by Gasteiger charge is -2.24. The predicted octanol–water partition coefficient (Wildman–Crippen LogP) is 4.95. The molecule has 6 rings (SSSR count). The van der Waals surface area contributed by atoms with Gasteiger partial charge in [-0.1, -0.05) is 0 Å². The van der Waals surface area contributed by atoms with E-state index in [1.165, 1.54) is 22.9 Å². The van der Waals surface area contributed by atoms with Crippen molar-refractivity contribution < 1.29 is 17.7 Å². The van der Waals surface area contributed by atoms with E-state index in [9.17, 15) is 22.5 Å². The molecule has 0 bridgehead atoms. The molecule has 46 heavy (non-hydrogen) atoms. The number of anilines is 5. The quantitative estimate of drug-likeness (QED) is 0.153. The van der Waals surface area contributed by atoms with Crippen LogP contribution in [0.25, 0.3) is 11.0 Å². The predicted molar refractivity (Wildman–Crippen MR) is 171 cm³/mol. The summed E-state index contributed by atoms with van der Waals surface area (Å²) in [6.45, 7) is 1.70. The summed E-state index contributed by atoms with van der Waals surface area (Å²) in [6.07, 6.45) is 3.51. The van der Waals surface area contributed by atoms with E-state index in [0.29, 0.717) is 22.8 Å². The zero-order chi connectivity index (χ0) is 32.1. The molecule has 1 aliphatic heterocycles. The Kier molecular flexibility index (Phi) is 9.33. The molecule has 0 aliphatic carbocycles. The largest absolute Gasteiger partial charge is 0.610 e. The molecule has 1 aromatic carbocycles. The highest BCUT2D eigenvalue weighted by Crippen LogP contribution is 2.26. The zero-order valence-electron chi connectivity index (χ0n) is 24.4. The highest BCUT2D eigenvalue weighted by atomic mass is 32.2. The number of benzene rings is 1. The molecule has 0 saturated carbocycles. The van der Waals surface area contributed by atoms with E-state index >= 15 is 0 Å². The van der Waals surface area contributed by atoms with E-state index in [1.807, 2.05) is 24.3 Å². The molecule has 0 radical (unpaired) electrons. The molecule has 5 heterocycles. The summed E-state index contributed by atoms with van der Waals surface area (Å²) in [6, 6.07) is 16.1. The van der Waals surface area contributed by atoms with Gasteiger partial charge in [-0.3, -0.25) is 14.3 Å². The third-order valence-corrected chi connectivity index (χ3v) is 8.65. The molecule has 11 nitrogen and oxygen atoms in total. The number of alkyl halides is 3. The fourth-order valence-electron chi connectivity index (χ4n) is 5.17. The first kappa shape index (κ1) is 31.3. The van der Waals surface area contributed by atoms with Crippen LogP contribution >= 0.6 is 0 Å². The first-order valence-corrected chi connectivity index (χ1v) is 15.8. The van der Waals surface area contributed by atoms with E-state index in [1.54, 1.807) is 36.8 Å². The minimum atomic E-state index is -4.66. The summed E-state index contributed by atoms with van der Waals surface area (Å²) in [4.78, 5) is 31.0. The summed E-state index contributed by atoms with van der Waals surface area (Å²) in [5.74, 6) is -1.35. The van der Waals surface area contributed by atoms with Crippen molar-refractivity contribution in [1.82, 2.24) is 29.8 Å². The average molecular weight is 650 g/mol. The van der Waals surface area contributed by atoms with Crippen molar-refractivity contribution in [2.75, 3.05) is 34.8 Å². The number of pyridine rings is 3. The van der Waals surface area contributed by atoms with Gasteiger partial charge in [0.2, 0.25) is 16.7 Å². The number of hydrogen-bond donors (Lipinski definition) is 4. The summed E-state index contributed by atoms with van der Waals surface area (Å²) >= 11 is -2.48. The second-order valence-corrected chi connectivity index (χ2v) is 12.1. The van der Waals surface area contributed by atoms with Crippen molar-refractivity contribution in [2.45, 2.75) is 36.6 Å². The third kappa shape index (κ3) is 7.73. The van der Waals surface area contributed by atoms with Crippen molar-refractivity contribution in [3.63, 3.8) is 0 Å². The van der Waals surface area contributed by atoms with Crippen LogP contribution in [0.1, 0.15) is 18.4 Å². The van der Waals surface area contributed by atoms with Gasteiger partial charge in [0.1, 0.15) is 11.3 Å². The van der Waals surface area contributed by atoms with Gasteiger partial charge >= 0.3 is 6.18 Å². The van der Waals surface area contributed by atoms with Gasteiger partial charge in [-0.25, -0.2) is 9.97 Å². The maximum atomic E-state index is 13.9. The second kappa shape index (κ2) is 13.7. The molecule has 5 aromatic rings. The SMILES string of the molecule is O=c1c(Nc2cccnc2)cc2cnc(Nc3ccc(NC4CCCNC4)cc3)nc2n1Cc1cccnc1[S+]([O-])CC(F)(F)F. The normalized spacial score (nSPS) is 15.8. The Bertz CT molecular complexity index is 1850. The van der Waals surface area contributed by atoms with Crippen LogP contribution in [0.15, 0.2) is 89.2 Å². The maximum Gasteiger partial charge on any atom is 0.433 e. The molecular formula is C31H30F3N9O2S. The van der Waals surface area contributed by atoms with Crippen molar-refractivity contribution in [1.29, 1.82) is 0 Å². The van der Waals surface area contributed by atoms with Crippen LogP contribution in [-0.4, -0.2) is 60.1 Å². The molecule has 15 heteroatoms. The highest BCUT2D eigenvalue weighted by Gasteiger charge is 2.37. The zero-order valence-corrected chi connectivity index (χ0v) is 25.2. The first-order chi connectivity index (χ1) is 22.2. The van der Waals surface area contributed by atoms with Gasteiger partial charge < -0.3 is 25.8 Å². The number of fused-ring (bicyclic) bond motifs is 1. The van der Waals surface area contributed by atoms with Crippen LogP contribution in [0, 0.1) is 0 Å². The number of rotatable bonds is 10. The molecule has 1 aliphatic rings. The molecule has 1 fully saturated rings. The Morgan fingerprint density at radius 2 is 1.80 bits per heavy atom. The summed E-state index contributed by atoms with van der Waals surface area (Å²) in [5, 5.41) is 13.3. The van der Waals surface area contributed by atoms with Crippen LogP contribution in [0.3, 0.4) is 0 Å². The molecule has 0 spiro atoms. The van der Waals surface area contributed by atoms with Crippen molar-refractivity contribution in [3.8, 4) is 0 Å². The summed E-state index contributed by atoms with van der Waals surface area (Å²) < 4.78 is 53.3. The van der Waals surface area contributed by atoms with Crippen molar-refractivity contribution >= 4 is 50.9 Å². The minimum Gasteiger partial charge on any atom is -0.610 e. The highest BCUT2D eigenvalue weighted by molar-refractivity contribution is 7.91. The number of nitrogens with zero attached hydrogens (tertiary/aromatic N) is 5. The van der Waals surface area contributed by atoms with Crippen LogP contribution in [0.2, 0.25) is 0 Å². The number of aromatic nitrogens is 5. The number of halogens is 3. The lowest BCUT2D eigenvalue weighted by Crippen LogP contribution is -2.38. The molecule has 238 valence electrons. The van der Waals surface area contributed by atoms with Crippen LogP contribution in [-0.2, 0) is 17.7 Å². The lowest BCUT2D eigenvalue weighted by molar-refractivity contribution is -0.106. The van der Waals surface area contributed by atoms with E-state index in [2.05, 4.69) is 41.2 Å². The van der Waals surface area contributed by atoms with Gasteiger partial charge in [-0.2, -0.15) is 18.2 Å². The average Bonchev–Trinajstić information content (AvgIpc) is 3.04. The smallest absolute Gasteiger partial charge is 0.433 e. The topological polar surface area (TPSA) is 145 Å². The molecule has 2 unspecified atom stereocenters. The van der Waals surface area contributed by atoms with Crippen LogP contribution in [0.4, 0.5) is 41.9 Å². The Morgan fingerprint density at radius 1 is 1.00 bits per heavy atom. The minimum absolute atomic E-state index is 0.169. The Labute approximate surface area is 264 Å². The number of nitrogens with one attached hydrogen (secondary N) is 4. The van der Waals surface area contributed by atoms with Crippen molar-refractivity contribution in [2.24, 2.45) is 0 Å². The van der Waals surface area contributed by atoms with Gasteiger partial charge in [0.25, 0.3) is 5.56 Å². The van der Waals surface area contributed by atoms with Crippen LogP contribution in [0.5, 0.6) is 0 Å². The fraction of sp³-hybridized carbons (Fsp3) is 0.258. The third-order valence-electron chi connectivity index (χ3n) is 7.27. The monoisotopic (exact) mass is 649 g/mol. The van der Waals surface area contributed by atoms with Gasteiger partial charge in [0.15, 0.2) is 0 Å². The Hall–Kier alpha value is -4.73. The first-order valence-electron chi connectivity index (χ1n) is 14.5. The summed E-state index contributed by atoms with van der Waals surface area (Å²) in [5.41, 5.74) is 2.32. The van der Waals surface area contributed by atoms with Gasteiger partial charge in [-0.15, -0.1) is 0 Å². The molecular weight excluding hydrogens is 619 g/mol. The van der Waals surface area contributed by atoms with Gasteiger partial charge in [0.05, 0.1) is 18.4 Å². The molecule has 4 N–H and O–H groups in total. The summed E-state index contributed by atoms with van der Waals surface area (Å²) in [7, 11) is 0. The standard InChI is InChI=1S/C31H30F3N9O2S/c32-31(33,34)19-46(45)28-20(4-1-13-37-28)18-43-27-21(14-26(29(43)44)40-25-6-3-12-36-17-25)15-38-30(42-27)41-23-9-7-22(8-10-23)39-24-5-2-11-35-16-24/h1,3-4,6-10,12-15,17,24,35,39-40H,2,5,11,16,18-19H2,(H,38,41,42). The second-order valence-electron chi connectivity index (χ2n) is 10.8. The maximum absolute atomic E-state index is 13.9. The van der Waals surface area contributed by atoms with Crippen molar-refractivity contribution in [3.05, 3.63) is 95.3 Å². The molecule has 4 aromatic heterocycles. The number of piperidine rings is 1. The Balaban J connectivity index is 1.34. The number of hydrogen-bond acceptors (Lipinski definition) is 10. The lowest BCUT2D eigenvalue weighted by atomic mass is 10.1. The van der Waals surface area contributed by atoms with Gasteiger partial charge in [-0.05, 0) is 74.0 Å². The van der Waals surface area contributed by atoms with Gasteiger partial charge in [0, 0.05) is 64.7 Å². The van der Waals surface area contributed by atoms with Crippen LogP contribution < -0.4 is 26.8 Å². The molecule has 0 amide bonds. The Morgan fingerprint density at radius 3 is 2.54 bits per heavy atom. The van der Waals surface area contributed by atoms with E-state index in [4.69, 9.17) is 0 Å². The van der Waals surface area contributed by atoms with E-state index in [0.717, 1.165) is 31.6 Å². The fourth-order valence-corrected chi connectivity index (χ4v) is 6.21. The molecule has 2 atom stereocenters. The van der Waals surface area contributed by atoms with E-state index in [-0.39, 0.29) is 34.4 Å². The van der Waals surface area contributed by atoms with E-state index < -0.39 is 28.7 Å².